The number of aromatic nitrogens is 4. The van der Waals surface area contributed by atoms with Crippen LogP contribution in [0.3, 0.4) is 0 Å². The van der Waals surface area contributed by atoms with E-state index in [2.05, 4.69) is 52.5 Å². The second-order valence-electron chi connectivity index (χ2n) is 4.91. The van der Waals surface area contributed by atoms with Crippen LogP contribution in [0.5, 0.6) is 0 Å². The van der Waals surface area contributed by atoms with Gasteiger partial charge in [-0.3, -0.25) is 14.6 Å². The molecule has 25 heavy (non-hydrogen) atoms. The lowest BCUT2D eigenvalue weighted by Gasteiger charge is -2.05. The van der Waals surface area contributed by atoms with Gasteiger partial charge < -0.3 is 5.32 Å². The third-order valence-corrected chi connectivity index (χ3v) is 5.92. The highest BCUT2D eigenvalue weighted by Crippen LogP contribution is 2.27. The number of benzene rings is 1. The molecule has 0 spiro atoms. The first-order valence-corrected chi connectivity index (χ1v) is 9.44. The Balaban J connectivity index is 1.78. The molecule has 130 valence electrons. The molecule has 1 amide bonds. The van der Waals surface area contributed by atoms with Crippen LogP contribution in [0.4, 0.5) is 5.82 Å². The van der Waals surface area contributed by atoms with Crippen LogP contribution in [0.25, 0.3) is 0 Å². The van der Waals surface area contributed by atoms with Crippen molar-refractivity contribution < 1.29 is 4.79 Å². The van der Waals surface area contributed by atoms with Crippen LogP contribution in [0, 0.1) is 0 Å². The summed E-state index contributed by atoms with van der Waals surface area (Å²) in [5.74, 6) is -0.228. The maximum atomic E-state index is 12.3. The second-order valence-corrected chi connectivity index (χ2v) is 7.75. The number of carbonyl (C=O) groups is 1. The molecule has 0 saturated carbocycles. The van der Waals surface area contributed by atoms with Crippen LogP contribution < -0.4 is 5.32 Å². The van der Waals surface area contributed by atoms with Gasteiger partial charge in [-0.25, -0.2) is 0 Å². The molecule has 1 aromatic carbocycles. The molecule has 0 aliphatic carbocycles. The van der Waals surface area contributed by atoms with Crippen LogP contribution in [0.2, 0.25) is 15.1 Å². The van der Waals surface area contributed by atoms with Crippen molar-refractivity contribution in [2.75, 3.05) is 5.32 Å². The zero-order valence-electron chi connectivity index (χ0n) is 12.2. The largest absolute Gasteiger partial charge is 0.302 e. The molecule has 0 aliphatic heterocycles. The fourth-order valence-electron chi connectivity index (χ4n) is 2.01. The van der Waals surface area contributed by atoms with Crippen molar-refractivity contribution in [3.8, 4) is 0 Å². The van der Waals surface area contributed by atoms with E-state index in [1.807, 2.05) is 0 Å². The number of hydrogen-bond acceptors (Lipinski definition) is 3. The molecule has 0 bridgehead atoms. The molecule has 0 atom stereocenters. The molecule has 3 rings (SSSR count). The Morgan fingerprint density at radius 2 is 2.00 bits per heavy atom. The average molecular weight is 528 g/mol. The van der Waals surface area contributed by atoms with Crippen molar-refractivity contribution in [2.45, 2.75) is 6.54 Å². The fourth-order valence-corrected chi connectivity index (χ4v) is 3.31. The SMILES string of the molecule is O=C(Nc1nn(Cc2ccc(Cl)cc2Cl)cc1Cl)c1n[nH]c(Br)c1Br. The van der Waals surface area contributed by atoms with E-state index in [0.717, 1.165) is 5.56 Å². The quantitative estimate of drug-likeness (QED) is 0.477. The van der Waals surface area contributed by atoms with E-state index in [-0.39, 0.29) is 11.5 Å². The first-order chi connectivity index (χ1) is 11.8. The molecule has 0 radical (unpaired) electrons. The summed E-state index contributed by atoms with van der Waals surface area (Å²) in [6, 6.07) is 5.19. The Morgan fingerprint density at radius 3 is 2.64 bits per heavy atom. The number of aromatic amines is 1. The first kappa shape index (κ1) is 18.7. The van der Waals surface area contributed by atoms with E-state index >= 15 is 0 Å². The zero-order valence-corrected chi connectivity index (χ0v) is 17.6. The highest BCUT2D eigenvalue weighted by Gasteiger charge is 2.19. The van der Waals surface area contributed by atoms with Crippen molar-refractivity contribution in [3.05, 3.63) is 59.8 Å². The molecule has 2 heterocycles. The molecule has 0 saturated heterocycles. The molecule has 0 fully saturated rings. The monoisotopic (exact) mass is 525 g/mol. The van der Waals surface area contributed by atoms with Crippen molar-refractivity contribution in [2.24, 2.45) is 0 Å². The highest BCUT2D eigenvalue weighted by molar-refractivity contribution is 9.13. The van der Waals surface area contributed by atoms with Crippen LogP contribution in [0.15, 0.2) is 33.5 Å². The van der Waals surface area contributed by atoms with Crippen molar-refractivity contribution in [3.63, 3.8) is 0 Å². The highest BCUT2D eigenvalue weighted by atomic mass is 79.9. The number of anilines is 1. The summed E-state index contributed by atoms with van der Waals surface area (Å²) in [6.07, 6.45) is 1.59. The number of hydrogen-bond donors (Lipinski definition) is 2. The smallest absolute Gasteiger partial charge is 0.278 e. The summed E-state index contributed by atoms with van der Waals surface area (Å²) in [5, 5.41) is 14.8. The number of H-pyrrole nitrogens is 1. The van der Waals surface area contributed by atoms with Gasteiger partial charge in [0, 0.05) is 16.2 Å². The number of nitrogens with one attached hydrogen (secondary N) is 2. The topological polar surface area (TPSA) is 75.6 Å². The lowest BCUT2D eigenvalue weighted by atomic mass is 10.2. The standard InChI is InChI=1S/C14H8Br2Cl3N5O/c15-10-11(21-22-12(10)16)14(25)20-13-9(19)5-24(23-13)4-6-1-2-7(17)3-8(6)18/h1-3,5H,4H2,(H,21,22)(H,20,23,25). The number of nitrogens with zero attached hydrogens (tertiary/aromatic N) is 3. The maximum Gasteiger partial charge on any atom is 0.278 e. The predicted molar refractivity (Wildman–Crippen MR) is 105 cm³/mol. The van der Waals surface area contributed by atoms with E-state index < -0.39 is 5.91 Å². The Bertz CT molecular complexity index is 956. The van der Waals surface area contributed by atoms with E-state index in [0.29, 0.717) is 30.7 Å². The van der Waals surface area contributed by atoms with Crippen LogP contribution in [-0.4, -0.2) is 25.9 Å². The van der Waals surface area contributed by atoms with Gasteiger partial charge in [0.15, 0.2) is 11.5 Å². The van der Waals surface area contributed by atoms with E-state index in [1.54, 1.807) is 29.1 Å². The second kappa shape index (κ2) is 7.67. The van der Waals surface area contributed by atoms with Crippen LogP contribution in [-0.2, 0) is 6.54 Å². The Kier molecular flexibility index (Phi) is 5.75. The number of amides is 1. The minimum absolute atomic E-state index is 0.179. The summed E-state index contributed by atoms with van der Waals surface area (Å²) >= 11 is 24.7. The summed E-state index contributed by atoms with van der Waals surface area (Å²) in [7, 11) is 0. The van der Waals surface area contributed by atoms with Gasteiger partial charge in [-0.2, -0.15) is 10.2 Å². The number of carbonyl (C=O) groups excluding carboxylic acids is 1. The van der Waals surface area contributed by atoms with Crippen LogP contribution in [0.1, 0.15) is 16.1 Å². The average Bonchev–Trinajstić information content (AvgIpc) is 3.06. The minimum Gasteiger partial charge on any atom is -0.302 e. The normalized spacial score (nSPS) is 10.9. The van der Waals surface area contributed by atoms with Crippen molar-refractivity contribution in [1.82, 2.24) is 20.0 Å². The molecule has 6 nitrogen and oxygen atoms in total. The van der Waals surface area contributed by atoms with E-state index in [9.17, 15) is 4.79 Å². The molecule has 2 N–H and O–H groups in total. The molecular formula is C14H8Br2Cl3N5O. The Morgan fingerprint density at radius 1 is 1.24 bits per heavy atom. The van der Waals surface area contributed by atoms with E-state index in [4.69, 9.17) is 34.8 Å². The summed E-state index contributed by atoms with van der Waals surface area (Å²) in [5.41, 5.74) is 1.00. The lowest BCUT2D eigenvalue weighted by molar-refractivity contribution is 0.102. The van der Waals surface area contributed by atoms with Gasteiger partial charge in [0.05, 0.1) is 11.0 Å². The molecule has 0 unspecified atom stereocenters. The minimum atomic E-state index is -0.453. The van der Waals surface area contributed by atoms with E-state index in [1.165, 1.54) is 0 Å². The fraction of sp³-hybridized carbons (Fsp3) is 0.0714. The van der Waals surface area contributed by atoms with Gasteiger partial charge in [-0.1, -0.05) is 40.9 Å². The zero-order chi connectivity index (χ0) is 18.1. The predicted octanol–water partition coefficient (Wildman–Crippen LogP) is 5.39. The molecule has 3 aromatic rings. The van der Waals surface area contributed by atoms with Gasteiger partial charge in [0.25, 0.3) is 5.91 Å². The van der Waals surface area contributed by atoms with Gasteiger partial charge >= 0.3 is 0 Å². The summed E-state index contributed by atoms with van der Waals surface area (Å²) in [4.78, 5) is 12.3. The van der Waals surface area contributed by atoms with Crippen molar-refractivity contribution >= 4 is 78.4 Å². The van der Waals surface area contributed by atoms with Crippen LogP contribution >= 0.6 is 66.7 Å². The third-order valence-electron chi connectivity index (χ3n) is 3.18. The summed E-state index contributed by atoms with van der Waals surface area (Å²) < 4.78 is 2.64. The summed E-state index contributed by atoms with van der Waals surface area (Å²) in [6.45, 7) is 0.378. The Labute approximate surface area is 174 Å². The van der Waals surface area contributed by atoms with Gasteiger partial charge in [-0.05, 0) is 49.6 Å². The molecule has 11 heteroatoms. The van der Waals surface area contributed by atoms with Gasteiger partial charge in [-0.15, -0.1) is 0 Å². The molecule has 2 aromatic heterocycles. The number of halogens is 5. The van der Waals surface area contributed by atoms with Crippen molar-refractivity contribution in [1.29, 1.82) is 0 Å². The lowest BCUT2D eigenvalue weighted by Crippen LogP contribution is -2.14. The molecular weight excluding hydrogens is 520 g/mol. The van der Waals surface area contributed by atoms with Gasteiger partial charge in [0.1, 0.15) is 9.63 Å². The van der Waals surface area contributed by atoms with Gasteiger partial charge in [0.2, 0.25) is 0 Å². The molecule has 0 aliphatic rings. The Hall–Kier alpha value is -1.06. The maximum absolute atomic E-state index is 12.3. The number of rotatable bonds is 4. The third kappa shape index (κ3) is 4.20. The first-order valence-electron chi connectivity index (χ1n) is 6.72.